The van der Waals surface area contributed by atoms with E-state index in [1.165, 1.54) is 0 Å². The molecule has 21 heavy (non-hydrogen) atoms. The van der Waals surface area contributed by atoms with Crippen LogP contribution in [0.15, 0.2) is 29.2 Å². The van der Waals surface area contributed by atoms with E-state index in [0.717, 1.165) is 17.3 Å². The van der Waals surface area contributed by atoms with Gasteiger partial charge in [0.05, 0.1) is 4.90 Å². The molecule has 0 amide bonds. The fraction of sp³-hybridized carbons (Fsp3) is 0.600. The maximum absolute atomic E-state index is 12.5. The number of likely N-dealkylation sites (N-methyl/N-ethyl adjacent to an activating group) is 1. The number of nitrogens with one attached hydrogen (secondary N) is 1. The Morgan fingerprint density at radius 3 is 2.19 bits per heavy atom. The van der Waals surface area contributed by atoms with Gasteiger partial charge in [-0.25, -0.2) is 13.1 Å². The minimum absolute atomic E-state index is 0.0825. The fourth-order valence-corrected chi connectivity index (χ4v) is 3.83. The van der Waals surface area contributed by atoms with Crippen LogP contribution in [-0.2, 0) is 15.4 Å². The van der Waals surface area contributed by atoms with Gasteiger partial charge in [-0.05, 0) is 44.1 Å². The first-order valence-corrected chi connectivity index (χ1v) is 9.67. The molecule has 4 nitrogen and oxygen atoms in total. The second kappa shape index (κ2) is 8.27. The first-order chi connectivity index (χ1) is 9.74. The lowest BCUT2D eigenvalue weighted by Crippen LogP contribution is -2.42. The molecule has 1 aromatic rings. The van der Waals surface area contributed by atoms with Crippen LogP contribution in [0.5, 0.6) is 0 Å². The number of benzene rings is 1. The van der Waals surface area contributed by atoms with Crippen molar-refractivity contribution >= 4 is 26.0 Å². The van der Waals surface area contributed by atoms with Crippen LogP contribution in [-0.4, -0.2) is 40.0 Å². The van der Waals surface area contributed by atoms with Crippen LogP contribution in [0.4, 0.5) is 0 Å². The number of nitrogens with zero attached hydrogens (tertiary/aromatic N) is 1. The highest BCUT2D eigenvalue weighted by Crippen LogP contribution is 2.15. The Labute approximate surface area is 137 Å². The van der Waals surface area contributed by atoms with Crippen LogP contribution < -0.4 is 4.72 Å². The van der Waals surface area contributed by atoms with E-state index in [4.69, 9.17) is 0 Å². The van der Waals surface area contributed by atoms with Crippen molar-refractivity contribution in [2.24, 2.45) is 5.92 Å². The summed E-state index contributed by atoms with van der Waals surface area (Å²) in [5, 5.41) is 0.720. The molecular weight excluding hydrogens is 352 g/mol. The number of hydrogen-bond acceptors (Lipinski definition) is 3. The summed E-state index contributed by atoms with van der Waals surface area (Å²) in [5.74, 6) is 0.438. The molecule has 0 aromatic heterocycles. The monoisotopic (exact) mass is 376 g/mol. The normalized spacial score (nSPS) is 13.9. The smallest absolute Gasteiger partial charge is 0.240 e. The highest BCUT2D eigenvalue weighted by molar-refractivity contribution is 9.08. The molecule has 0 aliphatic carbocycles. The topological polar surface area (TPSA) is 49.4 Å². The third-order valence-corrected chi connectivity index (χ3v) is 5.24. The van der Waals surface area contributed by atoms with Crippen molar-refractivity contribution in [3.63, 3.8) is 0 Å². The first-order valence-electron chi connectivity index (χ1n) is 7.06. The SMILES string of the molecule is CC(C)CC(CN(C)C)NS(=O)(=O)c1ccc(CBr)cc1. The van der Waals surface area contributed by atoms with E-state index in [0.29, 0.717) is 17.4 Å². The van der Waals surface area contributed by atoms with Crippen LogP contribution in [0.1, 0.15) is 25.8 Å². The van der Waals surface area contributed by atoms with Gasteiger partial charge in [0.15, 0.2) is 0 Å². The molecule has 0 aliphatic rings. The van der Waals surface area contributed by atoms with Gasteiger partial charge in [-0.15, -0.1) is 0 Å². The van der Waals surface area contributed by atoms with Crippen molar-refractivity contribution in [1.29, 1.82) is 0 Å². The molecular formula is C15H25BrN2O2S. The zero-order valence-corrected chi connectivity index (χ0v) is 15.5. The Morgan fingerprint density at radius 2 is 1.76 bits per heavy atom. The molecule has 1 aromatic carbocycles. The number of alkyl halides is 1. The molecule has 0 spiro atoms. The highest BCUT2D eigenvalue weighted by Gasteiger charge is 2.21. The Hall–Kier alpha value is -0.430. The molecule has 1 rings (SSSR count). The van der Waals surface area contributed by atoms with Gasteiger partial charge < -0.3 is 4.90 Å². The summed E-state index contributed by atoms with van der Waals surface area (Å²) < 4.78 is 27.8. The minimum atomic E-state index is -3.47. The predicted molar refractivity (Wildman–Crippen MR) is 91.2 cm³/mol. The zero-order valence-electron chi connectivity index (χ0n) is 13.1. The summed E-state index contributed by atoms with van der Waals surface area (Å²) in [5.41, 5.74) is 1.06. The largest absolute Gasteiger partial charge is 0.308 e. The number of rotatable bonds is 8. The zero-order chi connectivity index (χ0) is 16.0. The Bertz CT molecular complexity index is 517. The first kappa shape index (κ1) is 18.6. The van der Waals surface area contributed by atoms with Crippen molar-refractivity contribution in [2.45, 2.75) is 36.5 Å². The predicted octanol–water partition coefficient (Wildman–Crippen LogP) is 2.84. The highest BCUT2D eigenvalue weighted by atomic mass is 79.9. The van der Waals surface area contributed by atoms with Gasteiger partial charge in [-0.1, -0.05) is 41.9 Å². The van der Waals surface area contributed by atoms with Crippen molar-refractivity contribution in [1.82, 2.24) is 9.62 Å². The number of halogens is 1. The second-order valence-electron chi connectivity index (χ2n) is 5.99. The molecule has 0 radical (unpaired) electrons. The lowest BCUT2D eigenvalue weighted by Gasteiger charge is -2.23. The van der Waals surface area contributed by atoms with Gasteiger partial charge in [-0.3, -0.25) is 0 Å². The van der Waals surface area contributed by atoms with Gasteiger partial charge in [0.25, 0.3) is 0 Å². The Morgan fingerprint density at radius 1 is 1.19 bits per heavy atom. The molecule has 6 heteroatoms. The number of hydrogen-bond donors (Lipinski definition) is 1. The molecule has 1 atom stereocenters. The van der Waals surface area contributed by atoms with Gasteiger partial charge in [0.2, 0.25) is 10.0 Å². The van der Waals surface area contributed by atoms with Crippen LogP contribution >= 0.6 is 15.9 Å². The fourth-order valence-electron chi connectivity index (χ4n) is 2.21. The van der Waals surface area contributed by atoms with E-state index in [2.05, 4.69) is 34.5 Å². The van der Waals surface area contributed by atoms with Gasteiger partial charge in [-0.2, -0.15) is 0 Å². The summed E-state index contributed by atoms with van der Waals surface area (Å²) in [6.45, 7) is 4.89. The van der Waals surface area contributed by atoms with Crippen LogP contribution in [0.25, 0.3) is 0 Å². The Balaban J connectivity index is 2.88. The summed E-state index contributed by atoms with van der Waals surface area (Å²) in [6.07, 6.45) is 0.816. The average Bonchev–Trinajstić information content (AvgIpc) is 2.36. The standard InChI is InChI=1S/C15H25BrN2O2S/c1-12(2)9-14(11-18(3)4)17-21(19,20)15-7-5-13(10-16)6-8-15/h5-8,12,14,17H,9-11H2,1-4H3. The lowest BCUT2D eigenvalue weighted by molar-refractivity contribution is 0.329. The van der Waals surface area contributed by atoms with E-state index in [1.807, 2.05) is 31.1 Å². The van der Waals surface area contributed by atoms with Crippen molar-refractivity contribution in [3.05, 3.63) is 29.8 Å². The molecule has 0 aliphatic heterocycles. The van der Waals surface area contributed by atoms with E-state index in [9.17, 15) is 8.42 Å². The molecule has 120 valence electrons. The van der Waals surface area contributed by atoms with Gasteiger partial charge in [0.1, 0.15) is 0 Å². The number of sulfonamides is 1. The van der Waals surface area contributed by atoms with Crippen LogP contribution in [0, 0.1) is 5.92 Å². The molecule has 1 unspecified atom stereocenters. The van der Waals surface area contributed by atoms with Gasteiger partial charge >= 0.3 is 0 Å². The van der Waals surface area contributed by atoms with E-state index < -0.39 is 10.0 Å². The van der Waals surface area contributed by atoms with E-state index in [-0.39, 0.29) is 6.04 Å². The quantitative estimate of drug-likeness (QED) is 0.709. The van der Waals surface area contributed by atoms with E-state index >= 15 is 0 Å². The summed E-state index contributed by atoms with van der Waals surface area (Å²) in [4.78, 5) is 2.32. The maximum Gasteiger partial charge on any atom is 0.240 e. The lowest BCUT2D eigenvalue weighted by atomic mass is 10.0. The molecule has 1 N–H and O–H groups in total. The minimum Gasteiger partial charge on any atom is -0.308 e. The van der Waals surface area contributed by atoms with Crippen molar-refractivity contribution < 1.29 is 8.42 Å². The summed E-state index contributed by atoms with van der Waals surface area (Å²) in [7, 11) is 0.434. The van der Waals surface area contributed by atoms with E-state index in [1.54, 1.807) is 12.1 Å². The molecule has 0 fully saturated rings. The molecule has 0 saturated carbocycles. The summed E-state index contributed by atoms with van der Waals surface area (Å²) >= 11 is 3.36. The molecule has 0 heterocycles. The van der Waals surface area contributed by atoms with Crippen LogP contribution in [0.2, 0.25) is 0 Å². The average molecular weight is 377 g/mol. The van der Waals surface area contributed by atoms with Crippen molar-refractivity contribution in [3.8, 4) is 0 Å². The summed E-state index contributed by atoms with van der Waals surface area (Å²) in [6, 6.07) is 6.88. The van der Waals surface area contributed by atoms with Gasteiger partial charge in [0, 0.05) is 17.9 Å². The molecule has 0 bridgehead atoms. The third kappa shape index (κ3) is 6.46. The Kier molecular flexibility index (Phi) is 7.33. The molecule has 0 saturated heterocycles. The second-order valence-corrected chi connectivity index (χ2v) is 8.26. The van der Waals surface area contributed by atoms with Crippen molar-refractivity contribution in [2.75, 3.05) is 20.6 Å². The third-order valence-electron chi connectivity index (χ3n) is 3.05. The maximum atomic E-state index is 12.5. The van der Waals surface area contributed by atoms with Crippen LogP contribution in [0.3, 0.4) is 0 Å².